The predicted molar refractivity (Wildman–Crippen MR) is 96.7 cm³/mol. The van der Waals surface area contributed by atoms with E-state index in [1.165, 1.54) is 12.3 Å². The van der Waals surface area contributed by atoms with Crippen LogP contribution in [-0.4, -0.2) is 40.2 Å². The summed E-state index contributed by atoms with van der Waals surface area (Å²) in [5, 5.41) is 12.1. The summed E-state index contributed by atoms with van der Waals surface area (Å²) in [6.07, 6.45) is 1.45. The van der Waals surface area contributed by atoms with E-state index < -0.39 is 23.7 Å². The van der Waals surface area contributed by atoms with Crippen LogP contribution in [0.15, 0.2) is 30.5 Å². The number of nitrogens with zero attached hydrogens (tertiary/aromatic N) is 1. The Kier molecular flexibility index (Phi) is 6.44. The molecule has 1 heterocycles. The van der Waals surface area contributed by atoms with E-state index in [4.69, 9.17) is 4.74 Å². The average molecular weight is 380 g/mol. The molecule has 0 aliphatic carbocycles. The highest BCUT2D eigenvalue weighted by atomic mass is 32.1. The van der Waals surface area contributed by atoms with Gasteiger partial charge >= 0.3 is 5.97 Å². The Morgan fingerprint density at radius 3 is 2.65 bits per heavy atom. The van der Waals surface area contributed by atoms with Gasteiger partial charge in [0, 0.05) is 18.6 Å². The van der Waals surface area contributed by atoms with E-state index in [1.54, 1.807) is 18.2 Å². The third-order valence-corrected chi connectivity index (χ3v) is 4.41. The van der Waals surface area contributed by atoms with Crippen LogP contribution >= 0.6 is 11.3 Å². The molecule has 1 unspecified atom stereocenters. The molecule has 2 rings (SSSR count). The zero-order valence-electron chi connectivity index (χ0n) is 14.8. The van der Waals surface area contributed by atoms with Gasteiger partial charge in [-0.1, -0.05) is 12.1 Å². The van der Waals surface area contributed by atoms with Crippen molar-refractivity contribution in [2.24, 2.45) is 0 Å². The van der Waals surface area contributed by atoms with Crippen LogP contribution in [0.3, 0.4) is 0 Å². The maximum absolute atomic E-state index is 13.8. The van der Waals surface area contributed by atoms with Crippen LogP contribution in [0.1, 0.15) is 36.9 Å². The maximum Gasteiger partial charge on any atom is 0.326 e. The Hall–Kier alpha value is -2.32. The van der Waals surface area contributed by atoms with E-state index in [1.807, 2.05) is 20.8 Å². The van der Waals surface area contributed by atoms with Gasteiger partial charge in [-0.2, -0.15) is 0 Å². The number of carbonyl (C=O) groups is 2. The molecular weight excluding hydrogens is 359 g/mol. The topological polar surface area (TPSA) is 88.5 Å². The van der Waals surface area contributed by atoms with Gasteiger partial charge in [0.2, 0.25) is 0 Å². The molecule has 1 amide bonds. The highest BCUT2D eigenvalue weighted by Crippen LogP contribution is 2.27. The van der Waals surface area contributed by atoms with Crippen molar-refractivity contribution in [3.8, 4) is 10.6 Å². The van der Waals surface area contributed by atoms with Crippen molar-refractivity contribution in [2.45, 2.75) is 38.8 Å². The zero-order chi connectivity index (χ0) is 19.3. The molecule has 0 saturated carbocycles. The number of amides is 1. The number of halogens is 1. The Morgan fingerprint density at radius 1 is 1.35 bits per heavy atom. The van der Waals surface area contributed by atoms with Crippen LogP contribution in [0.2, 0.25) is 0 Å². The van der Waals surface area contributed by atoms with Crippen LogP contribution in [0.4, 0.5) is 4.39 Å². The molecule has 2 N–H and O–H groups in total. The molecule has 0 aliphatic heterocycles. The smallest absolute Gasteiger partial charge is 0.326 e. The molecule has 0 spiro atoms. The Bertz CT molecular complexity index is 785. The van der Waals surface area contributed by atoms with E-state index >= 15 is 0 Å². The Morgan fingerprint density at radius 2 is 2.04 bits per heavy atom. The second kappa shape index (κ2) is 8.37. The zero-order valence-corrected chi connectivity index (χ0v) is 15.6. The predicted octanol–water partition coefficient (Wildman–Crippen LogP) is 3.34. The van der Waals surface area contributed by atoms with Crippen LogP contribution in [0.5, 0.6) is 0 Å². The van der Waals surface area contributed by atoms with E-state index in [9.17, 15) is 19.1 Å². The van der Waals surface area contributed by atoms with Gasteiger partial charge in [0.05, 0.1) is 11.8 Å². The second-order valence-electron chi connectivity index (χ2n) is 6.62. The lowest BCUT2D eigenvalue weighted by atomic mass is 10.1. The van der Waals surface area contributed by atoms with Crippen LogP contribution in [0, 0.1) is 5.82 Å². The number of thiazole rings is 1. The van der Waals surface area contributed by atoms with Crippen molar-refractivity contribution < 1.29 is 23.8 Å². The van der Waals surface area contributed by atoms with Crippen molar-refractivity contribution >= 4 is 23.2 Å². The first-order valence-electron chi connectivity index (χ1n) is 8.06. The van der Waals surface area contributed by atoms with Crippen molar-refractivity contribution in [2.75, 3.05) is 6.61 Å². The molecule has 1 atom stereocenters. The summed E-state index contributed by atoms with van der Waals surface area (Å²) in [5.74, 6) is -2.14. The fourth-order valence-corrected chi connectivity index (χ4v) is 2.95. The number of ether oxygens (including phenoxy) is 1. The number of aliphatic carboxylic acids is 1. The van der Waals surface area contributed by atoms with E-state index in [2.05, 4.69) is 10.3 Å². The SMILES string of the molecule is CC(C)(C)OCCC(NC(=O)c1cnc(-c2ccccc2F)s1)C(=O)O. The molecule has 1 aromatic carbocycles. The number of aromatic nitrogens is 1. The third kappa shape index (κ3) is 5.60. The second-order valence-corrected chi connectivity index (χ2v) is 7.65. The summed E-state index contributed by atoms with van der Waals surface area (Å²) in [4.78, 5) is 27.9. The van der Waals surface area contributed by atoms with Gasteiger partial charge in [0.15, 0.2) is 0 Å². The monoisotopic (exact) mass is 380 g/mol. The lowest BCUT2D eigenvalue weighted by molar-refractivity contribution is -0.140. The fraction of sp³-hybridized carbons (Fsp3) is 0.389. The van der Waals surface area contributed by atoms with Gasteiger partial charge in [0.25, 0.3) is 5.91 Å². The number of hydrogen-bond donors (Lipinski definition) is 2. The molecular formula is C18H21FN2O4S. The summed E-state index contributed by atoms with van der Waals surface area (Å²) < 4.78 is 19.3. The molecule has 0 aliphatic rings. The lowest BCUT2D eigenvalue weighted by Gasteiger charge is -2.21. The Balaban J connectivity index is 2.03. The molecule has 1 aromatic heterocycles. The van der Waals surface area contributed by atoms with Gasteiger partial charge in [-0.05, 0) is 32.9 Å². The van der Waals surface area contributed by atoms with Gasteiger partial charge in [-0.15, -0.1) is 11.3 Å². The lowest BCUT2D eigenvalue weighted by Crippen LogP contribution is -2.41. The fourth-order valence-electron chi connectivity index (χ4n) is 2.11. The molecule has 0 saturated heterocycles. The minimum atomic E-state index is -1.14. The number of benzene rings is 1. The molecule has 140 valence electrons. The number of hydrogen-bond acceptors (Lipinski definition) is 5. The first-order valence-corrected chi connectivity index (χ1v) is 8.87. The first-order chi connectivity index (χ1) is 12.2. The number of nitrogens with one attached hydrogen (secondary N) is 1. The normalized spacial score (nSPS) is 12.6. The average Bonchev–Trinajstić information content (AvgIpc) is 3.02. The summed E-state index contributed by atoms with van der Waals surface area (Å²) >= 11 is 1.00. The molecule has 8 heteroatoms. The third-order valence-electron chi connectivity index (χ3n) is 3.38. The number of carboxylic acids is 1. The number of carbonyl (C=O) groups excluding carboxylic acids is 1. The molecule has 6 nitrogen and oxygen atoms in total. The van der Waals surface area contributed by atoms with Gasteiger partial charge < -0.3 is 15.2 Å². The van der Waals surface area contributed by atoms with Crippen molar-refractivity contribution in [1.29, 1.82) is 0 Å². The van der Waals surface area contributed by atoms with Crippen LogP contribution < -0.4 is 5.32 Å². The molecule has 0 bridgehead atoms. The highest BCUT2D eigenvalue weighted by molar-refractivity contribution is 7.16. The van der Waals surface area contributed by atoms with Gasteiger partial charge in [0.1, 0.15) is 21.7 Å². The van der Waals surface area contributed by atoms with Gasteiger partial charge in [-0.25, -0.2) is 14.2 Å². The Labute approximate surface area is 155 Å². The summed E-state index contributed by atoms with van der Waals surface area (Å²) in [7, 11) is 0. The number of rotatable bonds is 7. The number of carboxylic acid groups (broad SMARTS) is 1. The standard InChI is InChI=1S/C18H21FN2O4S/c1-18(2,3)25-9-8-13(17(23)24)21-15(22)14-10-20-16(26-14)11-6-4-5-7-12(11)19/h4-7,10,13H,8-9H2,1-3H3,(H,21,22)(H,23,24). The van der Waals surface area contributed by atoms with Crippen molar-refractivity contribution in [3.63, 3.8) is 0 Å². The molecule has 2 aromatic rings. The van der Waals surface area contributed by atoms with Gasteiger partial charge in [-0.3, -0.25) is 4.79 Å². The quantitative estimate of drug-likeness (QED) is 0.769. The maximum atomic E-state index is 13.8. The van der Waals surface area contributed by atoms with Crippen molar-refractivity contribution in [1.82, 2.24) is 10.3 Å². The first kappa shape index (κ1) is 20.0. The minimum Gasteiger partial charge on any atom is -0.480 e. The summed E-state index contributed by atoms with van der Waals surface area (Å²) in [6.45, 7) is 5.79. The molecule has 0 radical (unpaired) electrons. The van der Waals surface area contributed by atoms with Crippen LogP contribution in [0.25, 0.3) is 10.6 Å². The largest absolute Gasteiger partial charge is 0.480 e. The highest BCUT2D eigenvalue weighted by Gasteiger charge is 2.23. The van der Waals surface area contributed by atoms with Crippen molar-refractivity contribution in [3.05, 3.63) is 41.2 Å². The minimum absolute atomic E-state index is 0.136. The van der Waals surface area contributed by atoms with E-state index in [0.717, 1.165) is 11.3 Å². The van der Waals surface area contributed by atoms with E-state index in [0.29, 0.717) is 10.6 Å². The van der Waals surface area contributed by atoms with Crippen LogP contribution in [-0.2, 0) is 9.53 Å². The summed E-state index contributed by atoms with van der Waals surface area (Å²) in [5.41, 5.74) is -0.0933. The summed E-state index contributed by atoms with van der Waals surface area (Å²) in [6, 6.07) is 5.04. The molecule has 0 fully saturated rings. The molecule has 26 heavy (non-hydrogen) atoms. The van der Waals surface area contributed by atoms with E-state index in [-0.39, 0.29) is 23.5 Å².